The normalized spacial score (nSPS) is 21.2. The van der Waals surface area contributed by atoms with Gasteiger partial charge in [0.15, 0.2) is 0 Å². The number of rotatable bonds is 3. The quantitative estimate of drug-likeness (QED) is 0.794. The zero-order chi connectivity index (χ0) is 15.2. The van der Waals surface area contributed by atoms with Gasteiger partial charge in [0.2, 0.25) is 0 Å². The fraction of sp³-hybridized carbons (Fsp3) is 0.625. The van der Waals surface area contributed by atoms with Gasteiger partial charge in [-0.3, -0.25) is 0 Å². The Hall–Kier alpha value is -0.578. The highest BCUT2D eigenvalue weighted by Gasteiger charge is 2.50. The van der Waals surface area contributed by atoms with Gasteiger partial charge in [0.05, 0.1) is 19.3 Å². The van der Waals surface area contributed by atoms with Gasteiger partial charge in [-0.05, 0) is 27.7 Å². The van der Waals surface area contributed by atoms with E-state index in [1.54, 1.807) is 0 Å². The molecule has 1 aromatic rings. The van der Waals surface area contributed by atoms with E-state index in [0.717, 1.165) is 6.32 Å². The highest BCUT2D eigenvalue weighted by atomic mass is 28.3. The molecule has 0 aliphatic carbocycles. The Balaban J connectivity index is 2.21. The van der Waals surface area contributed by atoms with Crippen molar-refractivity contribution in [2.45, 2.75) is 64.9 Å². The summed E-state index contributed by atoms with van der Waals surface area (Å²) in [5, 5.41) is 1.51. The fourth-order valence-corrected chi connectivity index (χ4v) is 4.40. The van der Waals surface area contributed by atoms with Gasteiger partial charge in [-0.25, -0.2) is 0 Å². The Morgan fingerprint density at radius 1 is 0.950 bits per heavy atom. The molecular formula is C16H27BO2Si. The lowest BCUT2D eigenvalue weighted by atomic mass is 9.81. The van der Waals surface area contributed by atoms with Crippen LogP contribution in [0.4, 0.5) is 0 Å². The second kappa shape index (κ2) is 5.01. The topological polar surface area (TPSA) is 18.5 Å². The smallest absolute Gasteiger partial charge is 0.403 e. The van der Waals surface area contributed by atoms with E-state index in [2.05, 4.69) is 71.6 Å². The molecule has 2 nitrogen and oxygen atoms in total. The molecule has 0 saturated carbocycles. The summed E-state index contributed by atoms with van der Waals surface area (Å²) in [4.78, 5) is 0. The molecule has 0 atom stereocenters. The highest BCUT2D eigenvalue weighted by Crippen LogP contribution is 2.37. The Labute approximate surface area is 125 Å². The summed E-state index contributed by atoms with van der Waals surface area (Å²) in [6.07, 6.45) is 0.841. The van der Waals surface area contributed by atoms with Crippen LogP contribution < -0.4 is 5.19 Å². The molecule has 1 saturated heterocycles. The lowest BCUT2D eigenvalue weighted by molar-refractivity contribution is 0.00578. The van der Waals surface area contributed by atoms with Crippen molar-refractivity contribution in [2.75, 3.05) is 0 Å². The molecule has 20 heavy (non-hydrogen) atoms. The van der Waals surface area contributed by atoms with Crippen LogP contribution in [0.3, 0.4) is 0 Å². The van der Waals surface area contributed by atoms with Crippen LogP contribution in [-0.2, 0) is 15.6 Å². The van der Waals surface area contributed by atoms with Crippen LogP contribution in [0.5, 0.6) is 0 Å². The molecule has 0 unspecified atom stereocenters. The molecule has 0 radical (unpaired) electrons. The first-order valence-corrected chi connectivity index (χ1v) is 11.0. The molecule has 1 aliphatic rings. The van der Waals surface area contributed by atoms with Gasteiger partial charge in [0, 0.05) is 6.32 Å². The van der Waals surface area contributed by atoms with Crippen molar-refractivity contribution >= 4 is 20.4 Å². The minimum atomic E-state index is -1.33. The predicted molar refractivity (Wildman–Crippen MR) is 89.2 cm³/mol. The fourth-order valence-electron chi connectivity index (χ4n) is 2.66. The van der Waals surface area contributed by atoms with Crippen LogP contribution in [0.15, 0.2) is 24.3 Å². The van der Waals surface area contributed by atoms with Crippen molar-refractivity contribution in [1.82, 2.24) is 0 Å². The van der Waals surface area contributed by atoms with Gasteiger partial charge in [-0.2, -0.15) is 0 Å². The van der Waals surface area contributed by atoms with Crippen LogP contribution in [-0.4, -0.2) is 26.4 Å². The van der Waals surface area contributed by atoms with E-state index in [1.807, 2.05) is 0 Å². The molecule has 0 aromatic heterocycles. The third-order valence-electron chi connectivity index (χ3n) is 4.51. The molecule has 0 amide bonds. The van der Waals surface area contributed by atoms with Crippen LogP contribution in [0.25, 0.3) is 0 Å². The summed E-state index contributed by atoms with van der Waals surface area (Å²) in [6.45, 7) is 15.6. The monoisotopic (exact) mass is 290 g/mol. The van der Waals surface area contributed by atoms with Crippen molar-refractivity contribution in [3.05, 3.63) is 29.8 Å². The van der Waals surface area contributed by atoms with Crippen LogP contribution in [0.2, 0.25) is 19.6 Å². The second-order valence-corrected chi connectivity index (χ2v) is 12.8. The minimum absolute atomic E-state index is 0.141. The van der Waals surface area contributed by atoms with Gasteiger partial charge < -0.3 is 9.31 Å². The van der Waals surface area contributed by atoms with Crippen LogP contribution in [0, 0.1) is 0 Å². The van der Waals surface area contributed by atoms with Crippen LogP contribution >= 0.6 is 0 Å². The molecule has 1 fully saturated rings. The predicted octanol–water partition coefficient (Wildman–Crippen LogP) is 3.41. The largest absolute Gasteiger partial charge is 0.462 e. The summed E-state index contributed by atoms with van der Waals surface area (Å²) in [6, 6.07) is 8.75. The van der Waals surface area contributed by atoms with Gasteiger partial charge in [-0.1, -0.05) is 54.7 Å². The third-order valence-corrected chi connectivity index (χ3v) is 6.62. The van der Waals surface area contributed by atoms with E-state index in [0.29, 0.717) is 0 Å². The van der Waals surface area contributed by atoms with E-state index in [1.165, 1.54) is 10.8 Å². The zero-order valence-corrected chi connectivity index (χ0v) is 14.9. The molecule has 4 heteroatoms. The van der Waals surface area contributed by atoms with Crippen molar-refractivity contribution in [3.8, 4) is 0 Å². The summed E-state index contributed by atoms with van der Waals surface area (Å²) in [5.41, 5.74) is 0.891. The van der Waals surface area contributed by atoms with Crippen molar-refractivity contribution in [1.29, 1.82) is 0 Å². The van der Waals surface area contributed by atoms with E-state index >= 15 is 0 Å². The van der Waals surface area contributed by atoms with E-state index < -0.39 is 8.07 Å². The average Bonchev–Trinajstić information content (AvgIpc) is 2.46. The Morgan fingerprint density at radius 2 is 1.45 bits per heavy atom. The Kier molecular flexibility index (Phi) is 3.96. The van der Waals surface area contributed by atoms with E-state index in [-0.39, 0.29) is 18.3 Å². The summed E-state index contributed by atoms with van der Waals surface area (Å²) in [5.74, 6) is 0. The second-order valence-electron chi connectivity index (χ2n) is 7.80. The number of benzene rings is 1. The van der Waals surface area contributed by atoms with Gasteiger partial charge in [0.1, 0.15) is 0 Å². The van der Waals surface area contributed by atoms with Crippen molar-refractivity contribution in [2.24, 2.45) is 0 Å². The first-order valence-electron chi connectivity index (χ1n) is 7.47. The lowest BCUT2D eigenvalue weighted by Crippen LogP contribution is -2.41. The Bertz CT molecular complexity index is 475. The number of hydrogen-bond acceptors (Lipinski definition) is 2. The summed E-state index contributed by atoms with van der Waals surface area (Å²) < 4.78 is 12.3. The average molecular weight is 290 g/mol. The molecule has 0 N–H and O–H groups in total. The van der Waals surface area contributed by atoms with Gasteiger partial charge in [-0.15, -0.1) is 0 Å². The molecule has 1 heterocycles. The maximum atomic E-state index is 6.13. The molecule has 0 spiro atoms. The SMILES string of the molecule is CC1(C)OB(Cc2ccccc2[Si](C)(C)C)OC1(C)C. The number of hydrogen-bond donors (Lipinski definition) is 0. The van der Waals surface area contributed by atoms with Crippen LogP contribution in [0.1, 0.15) is 33.3 Å². The minimum Gasteiger partial charge on any atom is -0.403 e. The van der Waals surface area contributed by atoms with Crippen molar-refractivity contribution in [3.63, 3.8) is 0 Å². The summed E-state index contributed by atoms with van der Waals surface area (Å²) in [7, 11) is -1.47. The van der Waals surface area contributed by atoms with E-state index in [9.17, 15) is 0 Å². The first-order chi connectivity index (χ1) is 9.03. The molecule has 2 rings (SSSR count). The maximum Gasteiger partial charge on any atom is 0.462 e. The highest BCUT2D eigenvalue weighted by molar-refractivity contribution is 6.89. The zero-order valence-electron chi connectivity index (χ0n) is 13.9. The molecule has 110 valence electrons. The first kappa shape index (κ1) is 15.8. The van der Waals surface area contributed by atoms with E-state index in [4.69, 9.17) is 9.31 Å². The van der Waals surface area contributed by atoms with Gasteiger partial charge >= 0.3 is 7.12 Å². The summed E-state index contributed by atoms with van der Waals surface area (Å²) >= 11 is 0. The van der Waals surface area contributed by atoms with Crippen molar-refractivity contribution < 1.29 is 9.31 Å². The molecular weight excluding hydrogens is 263 g/mol. The third kappa shape index (κ3) is 3.02. The standard InChI is InChI=1S/C16H27BO2Si/c1-15(2)16(3,4)19-17(18-15)12-13-10-8-9-11-14(13)20(5,6)7/h8-11H,12H2,1-7H3. The Morgan fingerprint density at radius 3 is 1.95 bits per heavy atom. The lowest BCUT2D eigenvalue weighted by Gasteiger charge is -2.32. The molecule has 0 bridgehead atoms. The maximum absolute atomic E-state index is 6.13. The van der Waals surface area contributed by atoms with Gasteiger partial charge in [0.25, 0.3) is 0 Å². The molecule has 1 aromatic carbocycles. The molecule has 1 aliphatic heterocycles.